The summed E-state index contributed by atoms with van der Waals surface area (Å²) in [6.07, 6.45) is 3.87. The first-order valence-electron chi connectivity index (χ1n) is 6.23. The molecule has 2 rings (SSSR count). The van der Waals surface area contributed by atoms with Crippen molar-refractivity contribution in [3.8, 4) is 0 Å². The first-order chi connectivity index (χ1) is 8.19. The Morgan fingerprint density at radius 2 is 2.41 bits per heavy atom. The molecule has 1 saturated heterocycles. The number of rotatable bonds is 4. The van der Waals surface area contributed by atoms with Gasteiger partial charge in [0.25, 0.3) is 0 Å². The van der Waals surface area contributed by atoms with Gasteiger partial charge < -0.3 is 5.11 Å². The van der Waals surface area contributed by atoms with Crippen molar-refractivity contribution < 1.29 is 9.90 Å². The van der Waals surface area contributed by atoms with Crippen LogP contribution in [0, 0.1) is 5.92 Å². The van der Waals surface area contributed by atoms with Crippen LogP contribution in [0.1, 0.15) is 40.7 Å². The van der Waals surface area contributed by atoms with Crippen LogP contribution in [0.2, 0.25) is 0 Å². The highest BCUT2D eigenvalue weighted by molar-refractivity contribution is 7.13. The number of hydrogen-bond donors (Lipinski definition) is 1. The zero-order valence-corrected chi connectivity index (χ0v) is 11.0. The lowest BCUT2D eigenvalue weighted by Crippen LogP contribution is -2.34. The van der Waals surface area contributed by atoms with Gasteiger partial charge in [0, 0.05) is 18.0 Å². The van der Waals surface area contributed by atoms with Gasteiger partial charge in [-0.15, -0.1) is 11.3 Å². The molecule has 1 aliphatic rings. The molecule has 0 aliphatic carbocycles. The van der Waals surface area contributed by atoms with E-state index in [1.54, 1.807) is 6.07 Å². The van der Waals surface area contributed by atoms with Gasteiger partial charge in [-0.25, -0.2) is 4.79 Å². The second kappa shape index (κ2) is 5.65. The lowest BCUT2D eigenvalue weighted by molar-refractivity contribution is 0.0702. The normalized spacial score (nSPS) is 21.6. The molecule has 0 aromatic carbocycles. The lowest BCUT2D eigenvalue weighted by Gasteiger charge is -2.31. The van der Waals surface area contributed by atoms with Crippen molar-refractivity contribution in [2.24, 2.45) is 5.92 Å². The Morgan fingerprint density at radius 3 is 3.06 bits per heavy atom. The molecule has 1 atom stereocenters. The number of aromatic carboxylic acids is 1. The highest BCUT2D eigenvalue weighted by Gasteiger charge is 2.19. The lowest BCUT2D eigenvalue weighted by atomic mass is 9.96. The third-order valence-electron chi connectivity index (χ3n) is 3.43. The van der Waals surface area contributed by atoms with Crippen molar-refractivity contribution in [1.82, 2.24) is 4.90 Å². The number of thiophene rings is 1. The van der Waals surface area contributed by atoms with Gasteiger partial charge in [0.1, 0.15) is 4.88 Å². The number of carbonyl (C=O) groups is 1. The van der Waals surface area contributed by atoms with E-state index >= 15 is 0 Å². The largest absolute Gasteiger partial charge is 0.477 e. The number of carboxylic acid groups (broad SMARTS) is 1. The summed E-state index contributed by atoms with van der Waals surface area (Å²) in [5.74, 6) is 0.00832. The van der Waals surface area contributed by atoms with Crippen LogP contribution in [0.4, 0.5) is 0 Å². The first-order valence-corrected chi connectivity index (χ1v) is 7.05. The topological polar surface area (TPSA) is 40.5 Å². The Labute approximate surface area is 106 Å². The van der Waals surface area contributed by atoms with Gasteiger partial charge in [0.05, 0.1) is 0 Å². The number of hydrogen-bond acceptors (Lipinski definition) is 3. The molecule has 0 amide bonds. The predicted octanol–water partition coefficient (Wildman–Crippen LogP) is 3.07. The van der Waals surface area contributed by atoms with Crippen molar-refractivity contribution in [3.05, 3.63) is 21.9 Å². The Morgan fingerprint density at radius 1 is 1.59 bits per heavy atom. The first kappa shape index (κ1) is 12.6. The van der Waals surface area contributed by atoms with E-state index in [-0.39, 0.29) is 0 Å². The molecule has 94 valence electrons. The van der Waals surface area contributed by atoms with Crippen LogP contribution in [-0.2, 0) is 6.54 Å². The minimum absolute atomic E-state index is 0.448. The summed E-state index contributed by atoms with van der Waals surface area (Å²) >= 11 is 1.40. The molecule has 0 saturated carbocycles. The van der Waals surface area contributed by atoms with Crippen molar-refractivity contribution in [3.63, 3.8) is 0 Å². The Balaban J connectivity index is 1.93. The average Bonchev–Trinajstić information content (AvgIpc) is 2.78. The number of piperidine rings is 1. The van der Waals surface area contributed by atoms with Crippen molar-refractivity contribution in [2.75, 3.05) is 13.1 Å². The van der Waals surface area contributed by atoms with Gasteiger partial charge in [-0.2, -0.15) is 0 Å². The summed E-state index contributed by atoms with van der Waals surface area (Å²) < 4.78 is 0. The Kier molecular flexibility index (Phi) is 4.18. The van der Waals surface area contributed by atoms with Gasteiger partial charge in [-0.1, -0.05) is 13.3 Å². The molecule has 0 radical (unpaired) electrons. The van der Waals surface area contributed by atoms with Gasteiger partial charge in [-0.05, 0) is 37.4 Å². The van der Waals surface area contributed by atoms with Crippen LogP contribution in [0.5, 0.6) is 0 Å². The monoisotopic (exact) mass is 253 g/mol. The third kappa shape index (κ3) is 3.30. The van der Waals surface area contributed by atoms with Crippen LogP contribution in [-0.4, -0.2) is 29.1 Å². The molecular weight excluding hydrogens is 234 g/mol. The molecule has 1 aromatic rings. The number of carboxylic acids is 1. The maximum absolute atomic E-state index is 10.8. The molecule has 2 heterocycles. The summed E-state index contributed by atoms with van der Waals surface area (Å²) in [6.45, 7) is 5.48. The van der Waals surface area contributed by atoms with Gasteiger partial charge in [0.15, 0.2) is 0 Å². The van der Waals surface area contributed by atoms with E-state index in [1.807, 2.05) is 6.07 Å². The fourth-order valence-corrected chi connectivity index (χ4v) is 3.32. The number of likely N-dealkylation sites (tertiary alicyclic amines) is 1. The summed E-state index contributed by atoms with van der Waals surface area (Å²) in [4.78, 5) is 14.9. The fraction of sp³-hybridized carbons (Fsp3) is 0.615. The molecule has 0 spiro atoms. The zero-order valence-electron chi connectivity index (χ0n) is 10.2. The molecule has 0 bridgehead atoms. The van der Waals surface area contributed by atoms with Crippen molar-refractivity contribution >= 4 is 17.3 Å². The van der Waals surface area contributed by atoms with Crippen LogP contribution in [0.15, 0.2) is 12.1 Å². The van der Waals surface area contributed by atoms with E-state index in [0.717, 1.165) is 25.6 Å². The maximum atomic E-state index is 10.8. The molecule has 3 nitrogen and oxygen atoms in total. The molecular formula is C13H19NO2S. The smallest absolute Gasteiger partial charge is 0.345 e. The summed E-state index contributed by atoms with van der Waals surface area (Å²) in [6, 6.07) is 3.66. The van der Waals surface area contributed by atoms with Gasteiger partial charge in [0.2, 0.25) is 0 Å². The molecule has 4 heteroatoms. The number of nitrogens with zero attached hydrogens (tertiary/aromatic N) is 1. The van der Waals surface area contributed by atoms with Crippen LogP contribution >= 0.6 is 11.3 Å². The molecule has 17 heavy (non-hydrogen) atoms. The maximum Gasteiger partial charge on any atom is 0.345 e. The molecule has 1 fully saturated rings. The van der Waals surface area contributed by atoms with Gasteiger partial charge >= 0.3 is 5.97 Å². The highest BCUT2D eigenvalue weighted by Crippen LogP contribution is 2.23. The molecule has 1 aliphatic heterocycles. The molecule has 1 aromatic heterocycles. The van der Waals surface area contributed by atoms with E-state index in [0.29, 0.717) is 4.88 Å². The van der Waals surface area contributed by atoms with Crippen LogP contribution in [0.25, 0.3) is 0 Å². The van der Waals surface area contributed by atoms with E-state index in [1.165, 1.54) is 35.5 Å². The third-order valence-corrected chi connectivity index (χ3v) is 4.49. The van der Waals surface area contributed by atoms with E-state index in [9.17, 15) is 4.79 Å². The summed E-state index contributed by atoms with van der Waals surface area (Å²) in [7, 11) is 0. The van der Waals surface area contributed by atoms with Crippen molar-refractivity contribution in [1.29, 1.82) is 0 Å². The van der Waals surface area contributed by atoms with E-state index < -0.39 is 5.97 Å². The van der Waals surface area contributed by atoms with Crippen LogP contribution < -0.4 is 0 Å². The van der Waals surface area contributed by atoms with E-state index in [2.05, 4.69) is 11.8 Å². The minimum Gasteiger partial charge on any atom is -0.477 e. The SMILES string of the molecule is CCC1CCCN(Cc2ccc(C(=O)O)s2)C1. The van der Waals surface area contributed by atoms with Gasteiger partial charge in [-0.3, -0.25) is 4.90 Å². The van der Waals surface area contributed by atoms with E-state index in [4.69, 9.17) is 5.11 Å². The predicted molar refractivity (Wildman–Crippen MR) is 69.6 cm³/mol. The molecule has 1 N–H and O–H groups in total. The van der Waals surface area contributed by atoms with Crippen molar-refractivity contribution in [2.45, 2.75) is 32.7 Å². The Bertz CT molecular complexity index is 389. The second-order valence-electron chi connectivity index (χ2n) is 4.72. The second-order valence-corrected chi connectivity index (χ2v) is 5.89. The molecule has 1 unspecified atom stereocenters. The standard InChI is InChI=1S/C13H19NO2S/c1-2-10-4-3-7-14(8-10)9-11-5-6-12(17-11)13(15)16/h5-6,10H,2-4,7-9H2,1H3,(H,15,16). The minimum atomic E-state index is -0.814. The fourth-order valence-electron chi connectivity index (χ4n) is 2.43. The van der Waals surface area contributed by atoms with Crippen LogP contribution in [0.3, 0.4) is 0 Å². The summed E-state index contributed by atoms with van der Waals surface area (Å²) in [5.41, 5.74) is 0. The Hall–Kier alpha value is -0.870. The average molecular weight is 253 g/mol. The summed E-state index contributed by atoms with van der Waals surface area (Å²) in [5, 5.41) is 8.88. The quantitative estimate of drug-likeness (QED) is 0.896. The highest BCUT2D eigenvalue weighted by atomic mass is 32.1. The zero-order chi connectivity index (χ0) is 12.3.